The van der Waals surface area contributed by atoms with Gasteiger partial charge in [-0.2, -0.15) is 0 Å². The number of carbonyl (C=O) groups is 1. The Kier molecular flexibility index (Phi) is 5.31. The van der Waals surface area contributed by atoms with Crippen molar-refractivity contribution in [1.29, 1.82) is 0 Å². The molecule has 3 fully saturated rings. The van der Waals surface area contributed by atoms with Crippen molar-refractivity contribution in [1.82, 2.24) is 0 Å². The molecule has 0 radical (unpaired) electrons. The predicted octanol–water partition coefficient (Wildman–Crippen LogP) is 5.46. The zero-order valence-corrected chi connectivity index (χ0v) is 16.6. The van der Waals surface area contributed by atoms with Gasteiger partial charge in [0.15, 0.2) is 5.78 Å². The van der Waals surface area contributed by atoms with Crippen LogP contribution in [0, 0.1) is 28.6 Å². The van der Waals surface area contributed by atoms with E-state index in [-0.39, 0.29) is 16.9 Å². The summed E-state index contributed by atoms with van der Waals surface area (Å²) in [6.07, 6.45) is 14.7. The van der Waals surface area contributed by atoms with E-state index < -0.39 is 0 Å². The van der Waals surface area contributed by atoms with Gasteiger partial charge in [-0.05, 0) is 93.5 Å². The molecule has 0 aromatic heterocycles. The lowest BCUT2D eigenvalue weighted by atomic mass is 9.47. The molecule has 0 saturated heterocycles. The Balaban J connectivity index is 0.000000415. The Morgan fingerprint density at radius 3 is 2.40 bits per heavy atom. The molecule has 6 atom stereocenters. The second kappa shape index (κ2) is 7.02. The lowest BCUT2D eigenvalue weighted by molar-refractivity contribution is -0.118. The maximum absolute atomic E-state index is 11.8. The maximum atomic E-state index is 11.8. The molecule has 0 heterocycles. The fraction of sp³-hybridized carbons (Fsp3) is 0.783. The van der Waals surface area contributed by atoms with Gasteiger partial charge < -0.3 is 5.11 Å². The van der Waals surface area contributed by atoms with E-state index in [0.717, 1.165) is 37.5 Å². The quantitative estimate of drug-likeness (QED) is 0.592. The number of fused-ring (bicyclic) bond motifs is 5. The van der Waals surface area contributed by atoms with Gasteiger partial charge in [-0.3, -0.25) is 4.79 Å². The minimum Gasteiger partial charge on any atom is -0.393 e. The molecule has 4 aliphatic rings. The van der Waals surface area contributed by atoms with E-state index in [1.807, 2.05) is 32.1 Å². The van der Waals surface area contributed by atoms with E-state index in [2.05, 4.69) is 13.8 Å². The number of aliphatic hydroxyl groups is 1. The highest BCUT2D eigenvalue weighted by atomic mass is 16.3. The van der Waals surface area contributed by atoms with Crippen LogP contribution >= 0.6 is 0 Å². The SMILES string of the molecule is C/C=C/C.CC12CCC(=O)C=C1CCC1C2CCC2(C)C(O)CCC12. The van der Waals surface area contributed by atoms with E-state index in [1.165, 1.54) is 31.3 Å². The highest BCUT2D eigenvalue weighted by Crippen LogP contribution is 2.65. The number of ketones is 1. The maximum Gasteiger partial charge on any atom is 0.155 e. The summed E-state index contributed by atoms with van der Waals surface area (Å²) in [6, 6.07) is 0. The molecule has 0 spiro atoms. The molecule has 2 nitrogen and oxygen atoms in total. The summed E-state index contributed by atoms with van der Waals surface area (Å²) in [7, 11) is 0. The average Bonchev–Trinajstić information content (AvgIpc) is 2.91. The third kappa shape index (κ3) is 3.05. The Morgan fingerprint density at radius 1 is 1.00 bits per heavy atom. The molecule has 3 saturated carbocycles. The van der Waals surface area contributed by atoms with Gasteiger partial charge in [0.1, 0.15) is 0 Å². The van der Waals surface area contributed by atoms with Gasteiger partial charge >= 0.3 is 0 Å². The number of hydrogen-bond donors (Lipinski definition) is 1. The van der Waals surface area contributed by atoms with Gasteiger partial charge in [0.25, 0.3) is 0 Å². The fourth-order valence-corrected chi connectivity index (χ4v) is 6.53. The standard InChI is InChI=1S/C19H28O2.C4H8/c1-18-9-7-13(20)11-12(18)3-4-14-15-5-6-17(21)19(15,2)10-8-16(14)18;1-3-4-2/h11,14-17,21H,3-10H2,1-2H3;3-4H,1-2H3/b;4-3+. The van der Waals surface area contributed by atoms with Crippen molar-refractivity contribution in [2.24, 2.45) is 28.6 Å². The summed E-state index contributed by atoms with van der Waals surface area (Å²) in [4.78, 5) is 11.8. The third-order valence-corrected chi connectivity index (χ3v) is 8.25. The highest BCUT2D eigenvalue weighted by molar-refractivity contribution is 5.91. The summed E-state index contributed by atoms with van der Waals surface area (Å²) in [6.45, 7) is 8.76. The van der Waals surface area contributed by atoms with Gasteiger partial charge in [-0.15, -0.1) is 0 Å². The molecular formula is C23H36O2. The second-order valence-electron chi connectivity index (χ2n) is 9.27. The minimum atomic E-state index is -0.0823. The monoisotopic (exact) mass is 344 g/mol. The molecular weight excluding hydrogens is 308 g/mol. The van der Waals surface area contributed by atoms with Crippen molar-refractivity contribution in [2.45, 2.75) is 85.2 Å². The largest absolute Gasteiger partial charge is 0.393 e. The van der Waals surface area contributed by atoms with Gasteiger partial charge in [0.05, 0.1) is 6.10 Å². The van der Waals surface area contributed by atoms with Crippen molar-refractivity contribution in [2.75, 3.05) is 0 Å². The highest BCUT2D eigenvalue weighted by Gasteiger charge is 2.58. The number of carbonyl (C=O) groups excluding carboxylic acids is 1. The van der Waals surface area contributed by atoms with Crippen LogP contribution in [0.5, 0.6) is 0 Å². The van der Waals surface area contributed by atoms with E-state index in [9.17, 15) is 9.90 Å². The van der Waals surface area contributed by atoms with Crippen molar-refractivity contribution in [3.8, 4) is 0 Å². The first kappa shape index (κ1) is 18.9. The first-order valence-corrected chi connectivity index (χ1v) is 10.4. The van der Waals surface area contributed by atoms with Crippen LogP contribution in [-0.2, 0) is 4.79 Å². The normalized spacial score (nSPS) is 45.8. The molecule has 4 aliphatic carbocycles. The van der Waals surface area contributed by atoms with E-state index in [0.29, 0.717) is 11.7 Å². The topological polar surface area (TPSA) is 37.3 Å². The van der Waals surface area contributed by atoms with E-state index in [1.54, 1.807) is 0 Å². The van der Waals surface area contributed by atoms with Crippen molar-refractivity contribution >= 4 is 5.78 Å². The Bertz CT molecular complexity index is 571. The zero-order valence-electron chi connectivity index (χ0n) is 16.6. The lowest BCUT2D eigenvalue weighted by Crippen LogP contribution is -2.51. The zero-order chi connectivity index (χ0) is 18.2. The van der Waals surface area contributed by atoms with E-state index >= 15 is 0 Å². The summed E-state index contributed by atoms with van der Waals surface area (Å²) in [5, 5.41) is 10.4. The summed E-state index contributed by atoms with van der Waals surface area (Å²) >= 11 is 0. The van der Waals surface area contributed by atoms with Gasteiger partial charge in [0, 0.05) is 6.42 Å². The van der Waals surface area contributed by atoms with Gasteiger partial charge in [0.2, 0.25) is 0 Å². The lowest BCUT2D eigenvalue weighted by Gasteiger charge is -2.57. The van der Waals surface area contributed by atoms with Crippen LogP contribution in [0.4, 0.5) is 0 Å². The first-order chi connectivity index (χ1) is 11.9. The second-order valence-corrected chi connectivity index (χ2v) is 9.27. The molecule has 0 bridgehead atoms. The number of allylic oxidation sites excluding steroid dienone is 3. The molecule has 25 heavy (non-hydrogen) atoms. The van der Waals surface area contributed by atoms with Gasteiger partial charge in [-0.25, -0.2) is 0 Å². The number of rotatable bonds is 0. The molecule has 1 N–H and O–H groups in total. The number of hydrogen-bond acceptors (Lipinski definition) is 2. The summed E-state index contributed by atoms with van der Waals surface area (Å²) in [5.41, 5.74) is 1.89. The molecule has 0 aromatic carbocycles. The molecule has 0 amide bonds. The van der Waals surface area contributed by atoms with Crippen LogP contribution in [0.1, 0.15) is 79.1 Å². The molecule has 0 aromatic rings. The van der Waals surface area contributed by atoms with Crippen molar-refractivity contribution in [3.05, 3.63) is 23.8 Å². The fourth-order valence-electron chi connectivity index (χ4n) is 6.53. The minimum absolute atomic E-state index is 0.0823. The molecule has 140 valence electrons. The molecule has 4 rings (SSSR count). The van der Waals surface area contributed by atoms with Crippen LogP contribution in [-0.4, -0.2) is 17.0 Å². The number of aliphatic hydroxyl groups excluding tert-OH is 1. The Morgan fingerprint density at radius 2 is 1.72 bits per heavy atom. The van der Waals surface area contributed by atoms with Crippen molar-refractivity contribution < 1.29 is 9.90 Å². The average molecular weight is 345 g/mol. The molecule has 2 heteroatoms. The smallest absolute Gasteiger partial charge is 0.155 e. The summed E-state index contributed by atoms with van der Waals surface area (Å²) < 4.78 is 0. The van der Waals surface area contributed by atoms with Gasteiger partial charge in [-0.1, -0.05) is 31.6 Å². The van der Waals surface area contributed by atoms with Crippen LogP contribution < -0.4 is 0 Å². The van der Waals surface area contributed by atoms with Crippen LogP contribution in [0.2, 0.25) is 0 Å². The molecule has 0 aliphatic heterocycles. The summed E-state index contributed by atoms with van der Waals surface area (Å²) in [5.74, 6) is 2.57. The van der Waals surface area contributed by atoms with Crippen molar-refractivity contribution in [3.63, 3.8) is 0 Å². The van der Waals surface area contributed by atoms with Crippen LogP contribution in [0.15, 0.2) is 23.8 Å². The predicted molar refractivity (Wildman–Crippen MR) is 103 cm³/mol. The van der Waals surface area contributed by atoms with Crippen LogP contribution in [0.25, 0.3) is 0 Å². The third-order valence-electron chi connectivity index (χ3n) is 8.25. The first-order valence-electron chi connectivity index (χ1n) is 10.4. The Labute approximate surface area is 153 Å². The molecule has 6 unspecified atom stereocenters. The Hall–Kier alpha value is -0.890. The van der Waals surface area contributed by atoms with Crippen LogP contribution in [0.3, 0.4) is 0 Å². The van der Waals surface area contributed by atoms with E-state index in [4.69, 9.17) is 0 Å².